The van der Waals surface area contributed by atoms with Crippen LogP contribution in [0.2, 0.25) is 0 Å². The van der Waals surface area contributed by atoms with Crippen molar-refractivity contribution in [3.63, 3.8) is 0 Å². The summed E-state index contributed by atoms with van der Waals surface area (Å²) in [5.74, 6) is 0.369. The van der Waals surface area contributed by atoms with Gasteiger partial charge in [0.15, 0.2) is 11.7 Å². The Morgan fingerprint density at radius 2 is 1.41 bits per heavy atom. The van der Waals surface area contributed by atoms with E-state index < -0.39 is 11.7 Å². The fourth-order valence-corrected chi connectivity index (χ4v) is 2.40. The van der Waals surface area contributed by atoms with Crippen molar-refractivity contribution in [3.8, 4) is 0 Å². The minimum Gasteiger partial charge on any atom is -0.204 e. The van der Waals surface area contributed by atoms with Gasteiger partial charge in [-0.2, -0.15) is 0 Å². The average molecular weight is 312 g/mol. The van der Waals surface area contributed by atoms with Crippen LogP contribution >= 0.6 is 0 Å². The molecule has 0 aliphatic carbocycles. The first-order chi connectivity index (χ1) is 10.2. The predicted octanol–water partition coefficient (Wildman–Crippen LogP) is 7.39. The molecular formula is C20H34F2. The molecule has 4 unspecified atom stereocenters. The molecule has 0 aromatic carbocycles. The van der Waals surface area contributed by atoms with E-state index in [4.69, 9.17) is 0 Å². The number of rotatable bonds is 11. The molecule has 0 spiro atoms. The highest BCUT2D eigenvalue weighted by Gasteiger charge is 2.15. The van der Waals surface area contributed by atoms with Crippen molar-refractivity contribution in [2.24, 2.45) is 23.7 Å². The second-order valence-electron chi connectivity index (χ2n) is 7.00. The average Bonchev–Trinajstić information content (AvgIpc) is 2.48. The van der Waals surface area contributed by atoms with Crippen LogP contribution in [0.3, 0.4) is 0 Å². The van der Waals surface area contributed by atoms with Gasteiger partial charge >= 0.3 is 0 Å². The molecule has 0 heterocycles. The van der Waals surface area contributed by atoms with Gasteiger partial charge in [0.2, 0.25) is 0 Å². The molecule has 0 radical (unpaired) electrons. The molecule has 0 saturated heterocycles. The number of hydrogen-bond acceptors (Lipinski definition) is 0. The summed E-state index contributed by atoms with van der Waals surface area (Å²) in [5.41, 5.74) is 0.635. The normalized spacial score (nSPS) is 17.7. The zero-order valence-electron chi connectivity index (χ0n) is 15.1. The van der Waals surface area contributed by atoms with E-state index >= 15 is 0 Å². The maximum absolute atomic E-state index is 13.2. The molecule has 2 heteroatoms. The van der Waals surface area contributed by atoms with Gasteiger partial charge in [-0.05, 0) is 48.2 Å². The molecule has 128 valence electrons. The molecular weight excluding hydrogens is 278 g/mol. The smallest absolute Gasteiger partial charge is 0.158 e. The number of hydrogen-bond donors (Lipinski definition) is 0. The van der Waals surface area contributed by atoms with Crippen molar-refractivity contribution >= 4 is 0 Å². The van der Waals surface area contributed by atoms with E-state index in [0.29, 0.717) is 17.4 Å². The van der Waals surface area contributed by atoms with Crippen molar-refractivity contribution in [2.45, 2.75) is 66.7 Å². The van der Waals surface area contributed by atoms with E-state index in [1.807, 2.05) is 6.92 Å². The summed E-state index contributed by atoms with van der Waals surface area (Å²) in [6.07, 6.45) is 7.02. The summed E-state index contributed by atoms with van der Waals surface area (Å²) in [4.78, 5) is 0. The Morgan fingerprint density at radius 3 is 1.86 bits per heavy atom. The van der Waals surface area contributed by atoms with Crippen LogP contribution < -0.4 is 0 Å². The van der Waals surface area contributed by atoms with Crippen LogP contribution in [0, 0.1) is 23.7 Å². The third-order valence-corrected chi connectivity index (χ3v) is 5.04. The van der Waals surface area contributed by atoms with Gasteiger partial charge in [-0.3, -0.25) is 0 Å². The van der Waals surface area contributed by atoms with Gasteiger partial charge in [-0.1, -0.05) is 67.0 Å². The minimum atomic E-state index is -1.03. The van der Waals surface area contributed by atoms with E-state index in [-0.39, 0.29) is 5.92 Å². The summed E-state index contributed by atoms with van der Waals surface area (Å²) in [7, 11) is 0. The van der Waals surface area contributed by atoms with Gasteiger partial charge in [-0.25, -0.2) is 8.78 Å². The molecule has 0 aromatic heterocycles. The Bertz CT molecular complexity index is 381. The summed E-state index contributed by atoms with van der Waals surface area (Å²) in [6, 6.07) is 0. The fourth-order valence-electron chi connectivity index (χ4n) is 2.40. The monoisotopic (exact) mass is 312 g/mol. The topological polar surface area (TPSA) is 0 Å². The van der Waals surface area contributed by atoms with E-state index in [1.54, 1.807) is 0 Å². The number of halogens is 2. The highest BCUT2D eigenvalue weighted by atomic mass is 19.2. The standard InChI is InChI=1S/C20H34F2/c1-8-14(2)9-10-15(3)16(4)11-12-17(5)18(6)13-20(22)19(7)21/h13-17H,6-12H2,1-5H3/b20-13+. The van der Waals surface area contributed by atoms with Gasteiger partial charge in [0.1, 0.15) is 0 Å². The molecule has 0 rings (SSSR count). The van der Waals surface area contributed by atoms with Crippen LogP contribution in [0.1, 0.15) is 66.7 Å². The third-order valence-electron chi connectivity index (χ3n) is 5.04. The van der Waals surface area contributed by atoms with Gasteiger partial charge in [0.05, 0.1) is 0 Å². The summed E-state index contributed by atoms with van der Waals surface area (Å²) < 4.78 is 25.8. The quantitative estimate of drug-likeness (QED) is 0.349. The van der Waals surface area contributed by atoms with Crippen molar-refractivity contribution < 1.29 is 8.78 Å². The van der Waals surface area contributed by atoms with Crippen LogP contribution in [0.4, 0.5) is 8.78 Å². The zero-order valence-corrected chi connectivity index (χ0v) is 15.1. The SMILES string of the molecule is C=C(F)/C(F)=C\C(=C)C(C)CCC(C)C(C)CCC(C)CC. The lowest BCUT2D eigenvalue weighted by Crippen LogP contribution is -2.11. The first kappa shape index (κ1) is 21.1. The lowest BCUT2D eigenvalue weighted by molar-refractivity contribution is 0.301. The highest BCUT2D eigenvalue weighted by Crippen LogP contribution is 2.28. The van der Waals surface area contributed by atoms with Gasteiger partial charge in [0.25, 0.3) is 0 Å². The Labute approximate surface area is 136 Å². The molecule has 0 bridgehead atoms. The largest absolute Gasteiger partial charge is 0.204 e. The first-order valence-electron chi connectivity index (χ1n) is 8.59. The number of allylic oxidation sites excluding steroid dienone is 4. The lowest BCUT2D eigenvalue weighted by Gasteiger charge is -2.23. The van der Waals surface area contributed by atoms with Gasteiger partial charge < -0.3 is 0 Å². The van der Waals surface area contributed by atoms with E-state index in [0.717, 1.165) is 18.8 Å². The minimum absolute atomic E-state index is 0.161. The fraction of sp³-hybridized carbons (Fsp3) is 0.700. The van der Waals surface area contributed by atoms with E-state index in [2.05, 4.69) is 40.9 Å². The van der Waals surface area contributed by atoms with Crippen LogP contribution in [0.15, 0.2) is 36.5 Å². The van der Waals surface area contributed by atoms with Crippen LogP contribution in [-0.2, 0) is 0 Å². The lowest BCUT2D eigenvalue weighted by atomic mass is 9.83. The summed E-state index contributed by atoms with van der Waals surface area (Å²) in [5, 5.41) is 0. The van der Waals surface area contributed by atoms with Crippen molar-refractivity contribution in [1.29, 1.82) is 0 Å². The van der Waals surface area contributed by atoms with Crippen LogP contribution in [0.25, 0.3) is 0 Å². The van der Waals surface area contributed by atoms with Crippen LogP contribution in [-0.4, -0.2) is 0 Å². The molecule has 0 aliphatic heterocycles. The molecule has 0 aromatic rings. The molecule has 0 nitrogen and oxygen atoms in total. The van der Waals surface area contributed by atoms with Gasteiger partial charge in [-0.15, -0.1) is 0 Å². The zero-order chi connectivity index (χ0) is 17.3. The molecule has 0 N–H and O–H groups in total. The van der Waals surface area contributed by atoms with E-state index in [9.17, 15) is 8.78 Å². The molecule has 0 amide bonds. The van der Waals surface area contributed by atoms with Crippen LogP contribution in [0.5, 0.6) is 0 Å². The molecule has 4 atom stereocenters. The van der Waals surface area contributed by atoms with Crippen molar-refractivity contribution in [1.82, 2.24) is 0 Å². The Balaban J connectivity index is 4.22. The Morgan fingerprint density at radius 1 is 0.909 bits per heavy atom. The third kappa shape index (κ3) is 8.51. The molecule has 22 heavy (non-hydrogen) atoms. The Kier molecular flexibility index (Phi) is 10.3. The second kappa shape index (κ2) is 10.7. The maximum Gasteiger partial charge on any atom is 0.158 e. The second-order valence-corrected chi connectivity index (χ2v) is 7.00. The first-order valence-corrected chi connectivity index (χ1v) is 8.59. The molecule has 0 aliphatic rings. The Hall–Kier alpha value is -0.920. The predicted molar refractivity (Wildman–Crippen MR) is 94.0 cm³/mol. The molecule has 0 fully saturated rings. The molecule has 0 saturated carbocycles. The highest BCUT2D eigenvalue weighted by molar-refractivity contribution is 5.27. The van der Waals surface area contributed by atoms with Gasteiger partial charge in [0, 0.05) is 0 Å². The van der Waals surface area contributed by atoms with Crippen molar-refractivity contribution in [3.05, 3.63) is 36.5 Å². The van der Waals surface area contributed by atoms with Crippen molar-refractivity contribution in [2.75, 3.05) is 0 Å². The maximum atomic E-state index is 13.2. The summed E-state index contributed by atoms with van der Waals surface area (Å²) in [6.45, 7) is 18.0. The van der Waals surface area contributed by atoms with E-state index in [1.165, 1.54) is 25.3 Å². The summed E-state index contributed by atoms with van der Waals surface area (Å²) >= 11 is 0.